The zero-order chi connectivity index (χ0) is 61.6. The predicted molar refractivity (Wildman–Crippen MR) is 346 cm³/mol. The zero-order valence-corrected chi connectivity index (χ0v) is 53.8. The molecule has 14 heteroatoms. The Hall–Kier alpha value is -2.31. The molecule has 2 aliphatic heterocycles. The number of nitrogens with one attached hydrogen (secondary N) is 1. The van der Waals surface area contributed by atoms with Crippen LogP contribution in [0.1, 0.15) is 290 Å². The van der Waals surface area contributed by atoms with Gasteiger partial charge in [-0.1, -0.05) is 267 Å². The molecule has 0 aromatic heterocycles. The summed E-state index contributed by atoms with van der Waals surface area (Å²) >= 11 is 0. The third-order valence-corrected chi connectivity index (χ3v) is 16.9. The van der Waals surface area contributed by atoms with Crippen molar-refractivity contribution in [2.75, 3.05) is 19.8 Å². The van der Waals surface area contributed by atoms with E-state index in [1.807, 2.05) is 6.08 Å². The SMILES string of the molecule is CCCCCCC/C=C\C/C=C\CCCCCCCCCCCCCCCCCC(=O)NC(COC1OC(CO)C(OC2OC(CO)C(O)C(O)C2O)C(O)C1O)C(O)/C=C/CC/C=C/CC/C=C/CCCCCCCCCCCCCCCC. The third kappa shape index (κ3) is 40.1. The van der Waals surface area contributed by atoms with Crippen LogP contribution in [-0.2, 0) is 23.7 Å². The molecule has 496 valence electrons. The lowest BCUT2D eigenvalue weighted by molar-refractivity contribution is -0.359. The minimum atomic E-state index is -1.79. The van der Waals surface area contributed by atoms with Gasteiger partial charge >= 0.3 is 0 Å². The normalized spacial score (nSPS) is 23.9. The van der Waals surface area contributed by atoms with E-state index in [1.54, 1.807) is 6.08 Å². The summed E-state index contributed by atoms with van der Waals surface area (Å²) < 4.78 is 22.8. The number of ether oxygens (including phenoxy) is 4. The van der Waals surface area contributed by atoms with Crippen molar-refractivity contribution in [3.63, 3.8) is 0 Å². The van der Waals surface area contributed by atoms with E-state index < -0.39 is 86.8 Å². The second-order valence-electron chi connectivity index (χ2n) is 24.6. The van der Waals surface area contributed by atoms with Gasteiger partial charge in [0.2, 0.25) is 5.91 Å². The van der Waals surface area contributed by atoms with E-state index in [1.165, 1.54) is 205 Å². The molecule has 2 saturated heterocycles. The van der Waals surface area contributed by atoms with Crippen molar-refractivity contribution in [3.05, 3.63) is 60.8 Å². The fraction of sp³-hybridized carbons (Fsp3) is 0.845. The van der Waals surface area contributed by atoms with E-state index in [2.05, 4.69) is 67.8 Å². The van der Waals surface area contributed by atoms with Gasteiger partial charge in [0.25, 0.3) is 0 Å². The van der Waals surface area contributed by atoms with Crippen molar-refractivity contribution in [2.24, 2.45) is 0 Å². The highest BCUT2D eigenvalue weighted by Gasteiger charge is 2.51. The molecule has 1 amide bonds. The van der Waals surface area contributed by atoms with Crippen LogP contribution in [0.2, 0.25) is 0 Å². The highest BCUT2D eigenvalue weighted by atomic mass is 16.7. The maximum Gasteiger partial charge on any atom is 0.220 e. The number of carbonyl (C=O) groups excluding carboxylic acids is 1. The summed E-state index contributed by atoms with van der Waals surface area (Å²) in [5.74, 6) is -0.251. The molecule has 0 aromatic carbocycles. The van der Waals surface area contributed by atoms with Crippen LogP contribution in [0.4, 0.5) is 0 Å². The molecule has 0 aromatic rings. The number of amides is 1. The number of unbranched alkanes of at least 4 members (excludes halogenated alkanes) is 36. The van der Waals surface area contributed by atoms with Crippen LogP contribution >= 0.6 is 0 Å². The molecule has 12 atom stereocenters. The Morgan fingerprint density at radius 2 is 0.788 bits per heavy atom. The summed E-state index contributed by atoms with van der Waals surface area (Å²) in [5.41, 5.74) is 0. The highest BCUT2D eigenvalue weighted by Crippen LogP contribution is 2.30. The molecule has 0 bridgehead atoms. The van der Waals surface area contributed by atoms with E-state index in [0.717, 1.165) is 51.4 Å². The van der Waals surface area contributed by atoms with Gasteiger partial charge in [0.05, 0.1) is 32.0 Å². The lowest BCUT2D eigenvalue weighted by Gasteiger charge is -2.46. The van der Waals surface area contributed by atoms with Crippen molar-refractivity contribution in [2.45, 2.75) is 364 Å². The van der Waals surface area contributed by atoms with Crippen molar-refractivity contribution in [1.29, 1.82) is 0 Å². The monoisotopic (exact) mass is 1200 g/mol. The molecule has 14 nitrogen and oxygen atoms in total. The van der Waals surface area contributed by atoms with Crippen molar-refractivity contribution in [3.8, 4) is 0 Å². The van der Waals surface area contributed by atoms with Crippen molar-refractivity contribution >= 4 is 5.91 Å². The van der Waals surface area contributed by atoms with Gasteiger partial charge in [-0.3, -0.25) is 4.79 Å². The van der Waals surface area contributed by atoms with Crippen molar-refractivity contribution in [1.82, 2.24) is 5.32 Å². The second-order valence-corrected chi connectivity index (χ2v) is 24.6. The highest BCUT2D eigenvalue weighted by molar-refractivity contribution is 5.76. The molecular formula is C71H129NO13. The fourth-order valence-electron chi connectivity index (χ4n) is 11.3. The van der Waals surface area contributed by atoms with Crippen LogP contribution in [0.3, 0.4) is 0 Å². The van der Waals surface area contributed by atoms with Crippen LogP contribution in [0.15, 0.2) is 60.8 Å². The van der Waals surface area contributed by atoms with Gasteiger partial charge < -0.3 is 65.1 Å². The van der Waals surface area contributed by atoms with Gasteiger partial charge in [-0.2, -0.15) is 0 Å². The summed E-state index contributed by atoms with van der Waals surface area (Å²) in [6.45, 7) is 2.80. The number of allylic oxidation sites excluding steroid dienone is 9. The van der Waals surface area contributed by atoms with Gasteiger partial charge in [-0.25, -0.2) is 0 Å². The summed E-state index contributed by atoms with van der Waals surface area (Å²) in [6, 6.07) is -0.941. The molecule has 0 spiro atoms. The first-order valence-corrected chi connectivity index (χ1v) is 35.0. The lowest BCUT2D eigenvalue weighted by Crippen LogP contribution is -2.65. The quantitative estimate of drug-likeness (QED) is 0.0204. The topological polar surface area (TPSA) is 228 Å². The number of aliphatic hydroxyl groups is 8. The molecule has 2 fully saturated rings. The Morgan fingerprint density at radius 3 is 1.22 bits per heavy atom. The number of rotatable bonds is 57. The first kappa shape index (κ1) is 78.8. The molecule has 2 aliphatic rings. The van der Waals surface area contributed by atoms with E-state index in [-0.39, 0.29) is 18.9 Å². The summed E-state index contributed by atoms with van der Waals surface area (Å²) in [4.78, 5) is 13.3. The summed E-state index contributed by atoms with van der Waals surface area (Å²) in [5, 5.41) is 87.4. The maximum absolute atomic E-state index is 13.3. The molecule has 2 rings (SSSR count). The Kier molecular flexibility index (Phi) is 51.7. The molecule has 0 aliphatic carbocycles. The van der Waals surface area contributed by atoms with Crippen LogP contribution in [-0.4, -0.2) is 140 Å². The molecule has 0 radical (unpaired) electrons. The van der Waals surface area contributed by atoms with Crippen molar-refractivity contribution < 1.29 is 64.6 Å². The molecule has 0 saturated carbocycles. The Morgan fingerprint density at radius 1 is 0.424 bits per heavy atom. The largest absolute Gasteiger partial charge is 0.394 e. The van der Waals surface area contributed by atoms with Gasteiger partial charge in [-0.15, -0.1) is 0 Å². The fourth-order valence-corrected chi connectivity index (χ4v) is 11.3. The van der Waals surface area contributed by atoms with Gasteiger partial charge in [-0.05, 0) is 77.0 Å². The van der Waals surface area contributed by atoms with Gasteiger partial charge in [0, 0.05) is 6.42 Å². The van der Waals surface area contributed by atoms with Crippen LogP contribution < -0.4 is 5.32 Å². The third-order valence-electron chi connectivity index (χ3n) is 16.9. The van der Waals surface area contributed by atoms with Crippen LogP contribution in [0, 0.1) is 0 Å². The first-order chi connectivity index (χ1) is 41.6. The number of carbonyl (C=O) groups is 1. The molecule has 9 N–H and O–H groups in total. The smallest absolute Gasteiger partial charge is 0.220 e. The van der Waals surface area contributed by atoms with Crippen LogP contribution in [0.5, 0.6) is 0 Å². The van der Waals surface area contributed by atoms with Gasteiger partial charge in [0.1, 0.15) is 48.8 Å². The Bertz CT molecular complexity index is 1660. The van der Waals surface area contributed by atoms with E-state index in [0.29, 0.717) is 12.8 Å². The molecule has 85 heavy (non-hydrogen) atoms. The average Bonchev–Trinajstić information content (AvgIpc) is 3.68. The predicted octanol–water partition coefficient (Wildman–Crippen LogP) is 14.1. The Labute approximate surface area is 517 Å². The molecular weight excluding hydrogens is 1070 g/mol. The average molecular weight is 1200 g/mol. The number of aliphatic hydroxyl groups excluding tert-OH is 8. The Balaban J connectivity index is 1.71. The standard InChI is InChI=1S/C71H129NO13/c1-3-5-7-9-11-13-15-17-19-21-23-25-27-29-30-31-33-35-37-39-41-43-45-47-49-51-53-55-63(76)72-59(58-82-70-68(81)66(79)69(62(57-74)84-70)85-71-67(80)65(78)64(77)61(56-73)83-71)60(75)54-52-50-48-46-44-42-40-38-36-34-32-28-26-24-22-20-18-16-14-12-10-8-6-4-2/h15,17,21,23,36,38,44,46,52,54,59-62,64-71,73-75,77-81H,3-14,16,18-20,22,24-35,37,39-43,45,47-51,53,55-58H2,1-2H3,(H,72,76)/b17-15-,23-21-,38-36+,46-44+,54-52+. The van der Waals surface area contributed by atoms with E-state index in [4.69, 9.17) is 18.9 Å². The first-order valence-electron chi connectivity index (χ1n) is 35.0. The zero-order valence-electron chi connectivity index (χ0n) is 53.8. The van der Waals surface area contributed by atoms with E-state index in [9.17, 15) is 45.6 Å². The maximum atomic E-state index is 13.3. The number of hydrogen-bond acceptors (Lipinski definition) is 13. The minimum absolute atomic E-state index is 0.251. The summed E-state index contributed by atoms with van der Waals surface area (Å²) in [6.07, 6.45) is 57.0. The molecule has 12 unspecified atom stereocenters. The van der Waals surface area contributed by atoms with E-state index >= 15 is 0 Å². The second kappa shape index (κ2) is 55.7. The molecule has 2 heterocycles. The minimum Gasteiger partial charge on any atom is -0.394 e. The van der Waals surface area contributed by atoms with Crippen LogP contribution in [0.25, 0.3) is 0 Å². The summed E-state index contributed by atoms with van der Waals surface area (Å²) in [7, 11) is 0. The van der Waals surface area contributed by atoms with Gasteiger partial charge in [0.15, 0.2) is 12.6 Å². The number of hydrogen-bond donors (Lipinski definition) is 9. The lowest BCUT2D eigenvalue weighted by atomic mass is 9.97.